The summed E-state index contributed by atoms with van der Waals surface area (Å²) in [4.78, 5) is 80.8. The lowest BCUT2D eigenvalue weighted by molar-refractivity contribution is -0.386. The molecule has 2 heterocycles. The van der Waals surface area contributed by atoms with Gasteiger partial charge in [-0.15, -0.1) is 22.7 Å². The largest absolute Gasteiger partial charge is 0.504 e. The van der Waals surface area contributed by atoms with Crippen molar-refractivity contribution in [3.05, 3.63) is 99.2 Å². The minimum absolute atomic E-state index is 0.0219. The van der Waals surface area contributed by atoms with Crippen molar-refractivity contribution in [2.75, 3.05) is 5.33 Å². The summed E-state index contributed by atoms with van der Waals surface area (Å²) in [6.07, 6.45) is 1.72. The zero-order valence-corrected chi connectivity index (χ0v) is 33.4. The number of aldehydes is 1. The number of aliphatic carboxylic acids is 1. The van der Waals surface area contributed by atoms with Crippen molar-refractivity contribution in [2.24, 2.45) is 5.73 Å². The van der Waals surface area contributed by atoms with Crippen LogP contribution >= 0.6 is 50.8 Å². The molecule has 4 rings (SSSR count). The van der Waals surface area contributed by atoms with E-state index in [0.29, 0.717) is 11.3 Å². The summed E-state index contributed by atoms with van der Waals surface area (Å²) in [7, 11) is 0. The third-order valence-electron chi connectivity index (χ3n) is 5.70. The number of Topliss-reactive ketones (excluding diaryl/α,β-unsaturated/α-hetero) is 1. The predicted octanol–water partition coefficient (Wildman–Crippen LogP) is 4.53. The number of allylic oxidation sites excluding steroid dienone is 1. The number of nitriles is 2. The second-order valence-corrected chi connectivity index (χ2v) is 12.8. The Bertz CT molecular complexity index is 2450. The Labute approximate surface area is 355 Å². The van der Waals surface area contributed by atoms with E-state index in [-0.39, 0.29) is 56.4 Å². The highest BCUT2D eigenvalue weighted by atomic mass is 79.9. The van der Waals surface area contributed by atoms with Gasteiger partial charge in [0, 0.05) is 28.5 Å². The molecule has 312 valence electrons. The van der Waals surface area contributed by atoms with Gasteiger partial charge in [-0.3, -0.25) is 29.8 Å². The van der Waals surface area contributed by atoms with E-state index in [1.54, 1.807) is 12.1 Å². The summed E-state index contributed by atoms with van der Waals surface area (Å²) in [6.45, 7) is 6.67. The summed E-state index contributed by atoms with van der Waals surface area (Å²) in [5.41, 5.74) is 3.26. The zero-order valence-electron chi connectivity index (χ0n) is 29.4. The number of rotatable bonds is 11. The van der Waals surface area contributed by atoms with Crippen LogP contribution in [0.4, 0.5) is 11.4 Å². The fourth-order valence-electron chi connectivity index (χ4n) is 3.17. The second kappa shape index (κ2) is 26.0. The van der Waals surface area contributed by atoms with E-state index in [2.05, 4.69) is 43.0 Å². The lowest BCUT2D eigenvalue weighted by atomic mass is 10.1. The zero-order chi connectivity index (χ0) is 46.3. The number of nitrogens with zero attached hydrogens (tertiary/aromatic N) is 7. The van der Waals surface area contributed by atoms with Crippen molar-refractivity contribution >= 4 is 109 Å². The molecule has 0 radical (unpaired) electrons. The summed E-state index contributed by atoms with van der Waals surface area (Å²) < 4.78 is 0. The number of phenolic OH excluding ortho intramolecular Hbond substituents is 4. The average Bonchev–Trinajstić information content (AvgIpc) is 3.88. The monoisotopic (exact) mass is 950 g/mol. The molecule has 0 fully saturated rings. The summed E-state index contributed by atoms with van der Waals surface area (Å²) >= 11 is 9.15. The maximum Gasteiger partial charge on any atom is 0.373 e. The van der Waals surface area contributed by atoms with Crippen LogP contribution in [0.15, 0.2) is 35.0 Å². The number of carbonyl (C=O) groups is 5. The number of aromatic hydroxyl groups is 4. The van der Waals surface area contributed by atoms with Crippen LogP contribution in [0, 0.1) is 49.5 Å². The number of aromatic carboxylic acids is 2. The smallest absolute Gasteiger partial charge is 0.373 e. The number of nitro benzene ring substituents is 2. The molecule has 4 aromatic rings. The number of nitrogens with two attached hydrogens (primary N) is 1. The van der Waals surface area contributed by atoms with Gasteiger partial charge in [-0.25, -0.2) is 30.9 Å². The topological polar surface area (TPSA) is 417 Å². The maximum absolute atomic E-state index is 10.8. The number of thiocarbonyl (C=S) groups is 1. The predicted molar refractivity (Wildman–Crippen MR) is 214 cm³/mol. The van der Waals surface area contributed by atoms with Crippen LogP contribution in [-0.4, -0.2) is 95.9 Å². The minimum atomic E-state index is -1.39. The van der Waals surface area contributed by atoms with Crippen LogP contribution in [0.1, 0.15) is 53.3 Å². The van der Waals surface area contributed by atoms with E-state index < -0.39 is 67.9 Å². The van der Waals surface area contributed by atoms with Gasteiger partial charge in [0.25, 0.3) is 6.54 Å². The number of aromatic nitrogens is 2. The number of phenols is 4. The number of halogens is 1. The Morgan fingerprint density at radius 1 is 0.900 bits per heavy atom. The van der Waals surface area contributed by atoms with Crippen LogP contribution in [0.2, 0.25) is 0 Å². The Hall–Kier alpha value is -7.97. The average molecular weight is 952 g/mol. The number of alkyl halides is 1. The Balaban J connectivity index is 0.000000800. The summed E-state index contributed by atoms with van der Waals surface area (Å²) in [5, 5.41) is 103. The Kier molecular flexibility index (Phi) is 22.6. The standard InChI is InChI=1S/C13H7N3O6S.C7H5NO5.C6H4N2O2S.C3H3BrO3.C3H4N2S/c14-4-7(12-15-8(5-23-12)13(19)20)1-6-2-9(16(21)22)11(18)10(17)3-6;9-3-4-1-5(8(12)13)7(11)6(10)2-4;1-7-2-5-8-4(3-11-5)6(9)10;4-1-2(5)3(6)7;4-2-1-3(5)6/h1-3,5,17-18H,(H,19,20);1-3,10-11H;3H,2H2,(H,9,10);1H2,(H,6,7);1H2,(H2,5,6)/b7-1+;;;;. The molecule has 0 unspecified atom stereocenters. The fraction of sp³-hybridized carbons (Fsp3) is 0.0938. The van der Waals surface area contributed by atoms with Crippen LogP contribution in [0.5, 0.6) is 23.0 Å². The number of hydrogen-bond acceptors (Lipinski definition) is 20. The number of benzene rings is 2. The highest BCUT2D eigenvalue weighted by Gasteiger charge is 2.20. The van der Waals surface area contributed by atoms with Crippen LogP contribution in [0.3, 0.4) is 0 Å². The normalized spacial score (nSPS) is 9.53. The molecule has 2 aromatic heterocycles. The van der Waals surface area contributed by atoms with Crippen molar-refractivity contribution in [3.8, 4) is 35.1 Å². The molecule has 0 aliphatic heterocycles. The number of thiazole rings is 2. The molecular formula is C32H23BrN8O16S3. The highest BCUT2D eigenvalue weighted by molar-refractivity contribution is 9.09. The number of nitro groups is 2. The van der Waals surface area contributed by atoms with E-state index in [0.717, 1.165) is 35.6 Å². The van der Waals surface area contributed by atoms with Gasteiger partial charge >= 0.3 is 29.3 Å². The molecule has 0 atom stereocenters. The summed E-state index contributed by atoms with van der Waals surface area (Å²) in [6, 6.07) is 7.43. The van der Waals surface area contributed by atoms with Crippen molar-refractivity contribution < 1.29 is 69.6 Å². The lowest BCUT2D eigenvalue weighted by Crippen LogP contribution is -2.12. The molecule has 0 aliphatic carbocycles. The first-order valence-corrected chi connectivity index (χ1v) is 18.0. The van der Waals surface area contributed by atoms with Gasteiger partial charge in [-0.05, 0) is 23.8 Å². The second-order valence-electron chi connectivity index (χ2n) is 9.87. The third kappa shape index (κ3) is 17.9. The van der Waals surface area contributed by atoms with Crippen molar-refractivity contribution in [2.45, 2.75) is 13.0 Å². The van der Waals surface area contributed by atoms with E-state index in [1.165, 1.54) is 28.2 Å². The third-order valence-corrected chi connectivity index (χ3v) is 8.06. The van der Waals surface area contributed by atoms with Crippen molar-refractivity contribution in [1.29, 1.82) is 10.5 Å². The van der Waals surface area contributed by atoms with Gasteiger partial charge in [0.05, 0.1) is 38.2 Å². The van der Waals surface area contributed by atoms with Crippen LogP contribution in [0.25, 0.3) is 16.5 Å². The van der Waals surface area contributed by atoms with Gasteiger partial charge < -0.3 is 46.3 Å². The van der Waals surface area contributed by atoms with E-state index in [9.17, 15) is 54.4 Å². The molecule has 9 N–H and O–H groups in total. The van der Waals surface area contributed by atoms with E-state index in [1.807, 2.05) is 0 Å². The molecule has 28 heteroatoms. The molecule has 0 aliphatic rings. The Morgan fingerprint density at radius 3 is 1.72 bits per heavy atom. The minimum Gasteiger partial charge on any atom is -0.504 e. The molecule has 0 saturated heterocycles. The molecular weight excluding hydrogens is 928 g/mol. The van der Waals surface area contributed by atoms with Crippen molar-refractivity contribution in [3.63, 3.8) is 0 Å². The van der Waals surface area contributed by atoms with Gasteiger partial charge in [-0.1, -0.05) is 28.1 Å². The number of carboxylic acid groups (broad SMARTS) is 3. The first-order valence-electron chi connectivity index (χ1n) is 14.7. The molecule has 0 saturated carbocycles. The molecule has 24 nitrogen and oxygen atoms in total. The van der Waals surface area contributed by atoms with Crippen molar-refractivity contribution in [1.82, 2.24) is 9.97 Å². The number of hydrogen-bond donors (Lipinski definition) is 8. The van der Waals surface area contributed by atoms with Gasteiger partial charge in [-0.2, -0.15) is 10.5 Å². The number of carbonyl (C=O) groups excluding carboxylic acids is 2. The number of ketones is 1. The summed E-state index contributed by atoms with van der Waals surface area (Å²) in [5.74, 6) is -7.62. The van der Waals surface area contributed by atoms with E-state index >= 15 is 0 Å². The molecule has 0 amide bonds. The lowest BCUT2D eigenvalue weighted by Gasteiger charge is -2.01. The number of carboxylic acids is 3. The van der Waals surface area contributed by atoms with Crippen LogP contribution in [-0.2, 0) is 16.1 Å². The van der Waals surface area contributed by atoms with E-state index in [4.69, 9.17) is 48.4 Å². The van der Waals surface area contributed by atoms with Gasteiger partial charge in [0.2, 0.25) is 17.3 Å². The highest BCUT2D eigenvalue weighted by Crippen LogP contribution is 2.37. The molecule has 0 spiro atoms. The fourth-order valence-corrected chi connectivity index (χ4v) is 4.92. The maximum atomic E-state index is 10.8. The quantitative estimate of drug-likeness (QED) is 0.0118. The van der Waals surface area contributed by atoms with Gasteiger partial charge in [0.15, 0.2) is 27.9 Å². The first-order chi connectivity index (χ1) is 28.1. The first kappa shape index (κ1) is 52.0. The molecule has 0 bridgehead atoms. The Morgan fingerprint density at radius 2 is 1.38 bits per heavy atom. The van der Waals surface area contributed by atoms with Crippen LogP contribution < -0.4 is 5.73 Å². The van der Waals surface area contributed by atoms with Gasteiger partial charge in [0.1, 0.15) is 17.4 Å². The molecule has 60 heavy (non-hydrogen) atoms. The SMILES string of the molecule is N#C/C(=C\c1cc(O)c(O)c([N+](=O)[O-])c1)c1nc(C(=O)O)cs1.N#CCC(N)=S.O=C(O)C(=O)CBr.O=Cc1cc(O)c(O)c([N+](=O)[O-])c1.[C-]#[N+]Cc1nc(C(=O)O)cs1. The molecule has 2 aromatic carbocycles.